The van der Waals surface area contributed by atoms with Crippen LogP contribution in [0, 0.1) is 0 Å². The van der Waals surface area contributed by atoms with E-state index in [2.05, 4.69) is 15.0 Å². The minimum Gasteiger partial charge on any atom is -0.465 e. The Morgan fingerprint density at radius 1 is 1.16 bits per heavy atom. The predicted octanol–water partition coefficient (Wildman–Crippen LogP) is 2.16. The van der Waals surface area contributed by atoms with E-state index >= 15 is 0 Å². The second-order valence-corrected chi connectivity index (χ2v) is 4.15. The Morgan fingerprint density at radius 2 is 1.89 bits per heavy atom. The molecule has 1 N–H and O–H groups in total. The standard InChI is InChI=1S/C15H16N2O2/c1-19-15(18)14-6-4-12(5-7-14)9-17-11-13-3-2-8-16-10-13/h2-8,10,17H,9,11H2,1H3. The van der Waals surface area contributed by atoms with E-state index in [0.29, 0.717) is 5.56 Å². The molecular formula is C15H16N2O2. The van der Waals surface area contributed by atoms with Gasteiger partial charge in [-0.1, -0.05) is 18.2 Å². The minimum atomic E-state index is -0.310. The zero-order valence-electron chi connectivity index (χ0n) is 10.8. The Bertz CT molecular complexity index is 524. The van der Waals surface area contributed by atoms with Crippen LogP contribution >= 0.6 is 0 Å². The Labute approximate surface area is 112 Å². The summed E-state index contributed by atoms with van der Waals surface area (Å²) in [7, 11) is 1.38. The van der Waals surface area contributed by atoms with Crippen molar-refractivity contribution in [3.05, 3.63) is 65.5 Å². The van der Waals surface area contributed by atoms with Crippen LogP contribution in [0.4, 0.5) is 0 Å². The number of esters is 1. The van der Waals surface area contributed by atoms with Gasteiger partial charge in [0.2, 0.25) is 0 Å². The summed E-state index contributed by atoms with van der Waals surface area (Å²) >= 11 is 0. The molecule has 0 radical (unpaired) electrons. The van der Waals surface area contributed by atoms with E-state index in [1.165, 1.54) is 7.11 Å². The highest BCUT2D eigenvalue weighted by Gasteiger charge is 2.03. The molecule has 98 valence electrons. The molecule has 0 aliphatic heterocycles. The van der Waals surface area contributed by atoms with Crippen LogP contribution in [0.1, 0.15) is 21.5 Å². The van der Waals surface area contributed by atoms with Crippen LogP contribution in [0.15, 0.2) is 48.8 Å². The van der Waals surface area contributed by atoms with E-state index in [-0.39, 0.29) is 5.97 Å². The molecule has 0 saturated carbocycles. The maximum atomic E-state index is 11.3. The molecule has 0 atom stereocenters. The number of carbonyl (C=O) groups is 1. The molecule has 2 aromatic rings. The van der Waals surface area contributed by atoms with E-state index in [9.17, 15) is 4.79 Å². The summed E-state index contributed by atoms with van der Waals surface area (Å²) in [6.07, 6.45) is 3.60. The van der Waals surface area contributed by atoms with Gasteiger partial charge in [0, 0.05) is 25.5 Å². The van der Waals surface area contributed by atoms with Crippen molar-refractivity contribution in [1.82, 2.24) is 10.3 Å². The van der Waals surface area contributed by atoms with E-state index in [1.807, 2.05) is 30.5 Å². The van der Waals surface area contributed by atoms with Crippen LogP contribution < -0.4 is 5.32 Å². The minimum absolute atomic E-state index is 0.310. The molecule has 0 aliphatic rings. The normalized spacial score (nSPS) is 10.2. The van der Waals surface area contributed by atoms with E-state index in [4.69, 9.17) is 0 Å². The fraction of sp³-hybridized carbons (Fsp3) is 0.200. The molecule has 4 nitrogen and oxygen atoms in total. The van der Waals surface area contributed by atoms with Crippen molar-refractivity contribution in [2.75, 3.05) is 7.11 Å². The first-order chi connectivity index (χ1) is 9.29. The highest BCUT2D eigenvalue weighted by atomic mass is 16.5. The van der Waals surface area contributed by atoms with Crippen molar-refractivity contribution in [2.45, 2.75) is 13.1 Å². The van der Waals surface area contributed by atoms with Crippen molar-refractivity contribution >= 4 is 5.97 Å². The maximum Gasteiger partial charge on any atom is 0.337 e. The van der Waals surface area contributed by atoms with Gasteiger partial charge in [-0.3, -0.25) is 4.98 Å². The first-order valence-electron chi connectivity index (χ1n) is 6.06. The average Bonchev–Trinajstić information content (AvgIpc) is 2.48. The zero-order chi connectivity index (χ0) is 13.5. The molecule has 1 aromatic carbocycles. The fourth-order valence-corrected chi connectivity index (χ4v) is 1.73. The topological polar surface area (TPSA) is 51.2 Å². The first kappa shape index (κ1) is 13.2. The summed E-state index contributed by atoms with van der Waals surface area (Å²) in [5, 5.41) is 3.32. The van der Waals surface area contributed by atoms with Gasteiger partial charge in [0.05, 0.1) is 12.7 Å². The molecular weight excluding hydrogens is 240 g/mol. The maximum absolute atomic E-state index is 11.3. The number of carbonyl (C=O) groups excluding carboxylic acids is 1. The van der Waals surface area contributed by atoms with Gasteiger partial charge in [0.25, 0.3) is 0 Å². The average molecular weight is 256 g/mol. The van der Waals surface area contributed by atoms with Gasteiger partial charge < -0.3 is 10.1 Å². The lowest BCUT2D eigenvalue weighted by Crippen LogP contribution is -2.13. The predicted molar refractivity (Wildman–Crippen MR) is 72.6 cm³/mol. The third kappa shape index (κ3) is 3.89. The van der Waals surface area contributed by atoms with Crippen LogP contribution in [0.5, 0.6) is 0 Å². The number of aromatic nitrogens is 1. The molecule has 0 fully saturated rings. The molecule has 0 bridgehead atoms. The number of pyridine rings is 1. The molecule has 1 heterocycles. The molecule has 1 aromatic heterocycles. The van der Waals surface area contributed by atoms with Crippen molar-refractivity contribution in [1.29, 1.82) is 0 Å². The van der Waals surface area contributed by atoms with Gasteiger partial charge in [0.1, 0.15) is 0 Å². The number of nitrogens with one attached hydrogen (secondary N) is 1. The van der Waals surface area contributed by atoms with Gasteiger partial charge in [-0.2, -0.15) is 0 Å². The number of benzene rings is 1. The second kappa shape index (κ2) is 6.66. The van der Waals surface area contributed by atoms with Crippen molar-refractivity contribution < 1.29 is 9.53 Å². The molecule has 0 aliphatic carbocycles. The van der Waals surface area contributed by atoms with E-state index in [1.54, 1.807) is 18.3 Å². The van der Waals surface area contributed by atoms with Crippen LogP contribution in [0.2, 0.25) is 0 Å². The van der Waals surface area contributed by atoms with Gasteiger partial charge in [-0.15, -0.1) is 0 Å². The number of methoxy groups -OCH3 is 1. The quantitative estimate of drug-likeness (QED) is 0.833. The summed E-state index contributed by atoms with van der Waals surface area (Å²) < 4.78 is 4.65. The largest absolute Gasteiger partial charge is 0.465 e. The van der Waals surface area contributed by atoms with E-state index < -0.39 is 0 Å². The number of nitrogens with zero attached hydrogens (tertiary/aromatic N) is 1. The molecule has 0 amide bonds. The smallest absolute Gasteiger partial charge is 0.337 e. The van der Waals surface area contributed by atoms with Gasteiger partial charge in [-0.25, -0.2) is 4.79 Å². The van der Waals surface area contributed by atoms with Crippen LogP contribution in [-0.4, -0.2) is 18.1 Å². The highest BCUT2D eigenvalue weighted by molar-refractivity contribution is 5.89. The molecule has 0 spiro atoms. The van der Waals surface area contributed by atoms with Crippen molar-refractivity contribution in [2.24, 2.45) is 0 Å². The Morgan fingerprint density at radius 3 is 2.53 bits per heavy atom. The lowest BCUT2D eigenvalue weighted by molar-refractivity contribution is 0.0600. The summed E-state index contributed by atoms with van der Waals surface area (Å²) in [6.45, 7) is 1.52. The SMILES string of the molecule is COC(=O)c1ccc(CNCc2cccnc2)cc1. The Hall–Kier alpha value is -2.20. The Balaban J connectivity index is 1.85. The monoisotopic (exact) mass is 256 g/mol. The third-order valence-corrected chi connectivity index (χ3v) is 2.76. The number of hydrogen-bond acceptors (Lipinski definition) is 4. The number of hydrogen-bond donors (Lipinski definition) is 1. The van der Waals surface area contributed by atoms with Crippen molar-refractivity contribution in [3.63, 3.8) is 0 Å². The number of rotatable bonds is 5. The first-order valence-corrected chi connectivity index (χ1v) is 6.06. The summed E-state index contributed by atoms with van der Waals surface area (Å²) in [4.78, 5) is 15.3. The third-order valence-electron chi connectivity index (χ3n) is 2.76. The lowest BCUT2D eigenvalue weighted by atomic mass is 10.1. The molecule has 2 rings (SSSR count). The van der Waals surface area contributed by atoms with Gasteiger partial charge in [-0.05, 0) is 29.3 Å². The molecule has 0 unspecified atom stereocenters. The van der Waals surface area contributed by atoms with Crippen LogP contribution in [0.3, 0.4) is 0 Å². The summed E-state index contributed by atoms with van der Waals surface area (Å²) in [6, 6.07) is 11.3. The van der Waals surface area contributed by atoms with Gasteiger partial charge >= 0.3 is 5.97 Å². The van der Waals surface area contributed by atoms with Crippen LogP contribution in [-0.2, 0) is 17.8 Å². The van der Waals surface area contributed by atoms with E-state index in [0.717, 1.165) is 24.2 Å². The summed E-state index contributed by atoms with van der Waals surface area (Å²) in [5.41, 5.74) is 2.84. The van der Waals surface area contributed by atoms with Crippen molar-refractivity contribution in [3.8, 4) is 0 Å². The molecule has 0 saturated heterocycles. The zero-order valence-corrected chi connectivity index (χ0v) is 10.8. The summed E-state index contributed by atoms with van der Waals surface area (Å²) in [5.74, 6) is -0.310. The lowest BCUT2D eigenvalue weighted by Gasteiger charge is -2.05. The second-order valence-electron chi connectivity index (χ2n) is 4.15. The fourth-order valence-electron chi connectivity index (χ4n) is 1.73. The van der Waals surface area contributed by atoms with Gasteiger partial charge in [0.15, 0.2) is 0 Å². The highest BCUT2D eigenvalue weighted by Crippen LogP contribution is 2.06. The van der Waals surface area contributed by atoms with Crippen LogP contribution in [0.25, 0.3) is 0 Å². The molecule has 19 heavy (non-hydrogen) atoms. The Kier molecular flexibility index (Phi) is 4.64. The molecule has 4 heteroatoms. The number of ether oxygens (including phenoxy) is 1.